The highest BCUT2D eigenvalue weighted by Crippen LogP contribution is 2.64. The number of hydrogen-bond donors (Lipinski definition) is 0. The van der Waals surface area contributed by atoms with Gasteiger partial charge >= 0.3 is 57.1 Å². The van der Waals surface area contributed by atoms with Crippen molar-refractivity contribution in [3.8, 4) is 5.75 Å². The summed E-state index contributed by atoms with van der Waals surface area (Å²) in [5.41, 5.74) is -0.0814. The summed E-state index contributed by atoms with van der Waals surface area (Å²) in [5, 5.41) is -7.71. The molecule has 0 aromatic heterocycles. The lowest BCUT2D eigenvalue weighted by Gasteiger charge is -2.42. The van der Waals surface area contributed by atoms with Gasteiger partial charge in [0.1, 0.15) is 5.75 Å². The predicted octanol–water partition coefficient (Wildman–Crippen LogP) is 6.67. The van der Waals surface area contributed by atoms with Crippen LogP contribution in [0, 0.1) is 6.92 Å². The molecule has 0 heterocycles. The SMILES string of the molecule is Cc1cccc(OS(=O)(=O)C(F)(F)C(F)(F)C(F)(F)C(F)(F)C(F)(F)C(F)(F)C(F)(F)C(F)(F)F)c1. The molecule has 1 aromatic rings. The van der Waals surface area contributed by atoms with Crippen molar-refractivity contribution in [3.63, 3.8) is 0 Å². The molecule has 0 N–H and O–H groups in total. The lowest BCUT2D eigenvalue weighted by atomic mass is 9.91. The Labute approximate surface area is 187 Å². The molecule has 0 fully saturated rings. The molecule has 0 spiro atoms. The highest BCUT2D eigenvalue weighted by atomic mass is 32.2. The van der Waals surface area contributed by atoms with Crippen LogP contribution in [-0.4, -0.2) is 55.4 Å². The smallest absolute Gasteiger partial charge is 0.378 e. The molecular formula is C15H7F17O3S. The van der Waals surface area contributed by atoms with E-state index in [0.717, 1.165) is 19.1 Å². The van der Waals surface area contributed by atoms with Crippen LogP contribution in [0.15, 0.2) is 24.3 Å². The van der Waals surface area contributed by atoms with Crippen molar-refractivity contribution >= 4 is 10.1 Å². The number of benzene rings is 1. The molecule has 0 bridgehead atoms. The van der Waals surface area contributed by atoms with Crippen LogP contribution in [0.2, 0.25) is 0 Å². The normalized spacial score (nSPS) is 15.7. The van der Waals surface area contributed by atoms with Gasteiger partial charge in [-0.25, -0.2) is 0 Å². The molecule has 36 heavy (non-hydrogen) atoms. The van der Waals surface area contributed by atoms with Gasteiger partial charge < -0.3 is 4.18 Å². The zero-order valence-corrected chi connectivity index (χ0v) is 17.2. The molecule has 0 unspecified atom stereocenters. The monoisotopic (exact) mass is 590 g/mol. The molecule has 0 saturated carbocycles. The molecular weight excluding hydrogens is 583 g/mol. The number of rotatable bonds is 9. The first-order valence-corrected chi connectivity index (χ1v) is 9.60. The molecule has 1 rings (SSSR count). The average molecular weight is 590 g/mol. The highest BCUT2D eigenvalue weighted by molar-refractivity contribution is 7.88. The van der Waals surface area contributed by atoms with E-state index in [2.05, 4.69) is 4.18 Å². The van der Waals surface area contributed by atoms with E-state index in [1.807, 2.05) is 0 Å². The second-order valence-electron chi connectivity index (χ2n) is 6.81. The van der Waals surface area contributed by atoms with Gasteiger partial charge in [-0.15, -0.1) is 0 Å². The van der Waals surface area contributed by atoms with E-state index < -0.39 is 62.8 Å². The van der Waals surface area contributed by atoms with Gasteiger partial charge in [0, 0.05) is 0 Å². The van der Waals surface area contributed by atoms with Gasteiger partial charge in [0.25, 0.3) is 0 Å². The Balaban J connectivity index is 3.69. The number of aryl methyl sites for hydroxylation is 1. The van der Waals surface area contributed by atoms with Crippen molar-refractivity contribution < 1.29 is 87.2 Å². The zero-order valence-electron chi connectivity index (χ0n) is 16.4. The minimum atomic E-state index is -8.88. The fraction of sp³-hybridized carbons (Fsp3) is 0.600. The molecule has 0 saturated heterocycles. The zero-order chi connectivity index (χ0) is 29.2. The Kier molecular flexibility index (Phi) is 7.42. The van der Waals surface area contributed by atoms with Gasteiger partial charge in [0.15, 0.2) is 0 Å². The average Bonchev–Trinajstić information content (AvgIpc) is 2.65. The number of halogens is 17. The maximum Gasteiger partial charge on any atom is 0.460 e. The van der Waals surface area contributed by atoms with Crippen molar-refractivity contribution in [1.29, 1.82) is 0 Å². The van der Waals surface area contributed by atoms with Gasteiger partial charge in [0.2, 0.25) is 0 Å². The van der Waals surface area contributed by atoms with Crippen LogP contribution >= 0.6 is 0 Å². The van der Waals surface area contributed by atoms with E-state index >= 15 is 0 Å². The molecule has 0 aliphatic heterocycles. The highest BCUT2D eigenvalue weighted by Gasteiger charge is 2.96. The summed E-state index contributed by atoms with van der Waals surface area (Å²) in [4.78, 5) is 0. The van der Waals surface area contributed by atoms with E-state index in [4.69, 9.17) is 0 Å². The van der Waals surface area contributed by atoms with Gasteiger partial charge in [-0.05, 0) is 24.6 Å². The van der Waals surface area contributed by atoms with E-state index in [0.29, 0.717) is 12.1 Å². The van der Waals surface area contributed by atoms with Gasteiger partial charge in [-0.2, -0.15) is 83.1 Å². The van der Waals surface area contributed by atoms with Crippen molar-refractivity contribution in [3.05, 3.63) is 29.8 Å². The summed E-state index contributed by atoms with van der Waals surface area (Å²) < 4.78 is 251. The Morgan fingerprint density at radius 1 is 0.583 bits per heavy atom. The molecule has 210 valence electrons. The molecule has 0 aliphatic carbocycles. The molecule has 0 aliphatic rings. The Morgan fingerprint density at radius 3 is 1.31 bits per heavy atom. The summed E-state index contributed by atoms with van der Waals surface area (Å²) in [6.07, 6.45) is -7.89. The Hall–Kier alpha value is -2.22. The van der Waals surface area contributed by atoms with E-state index in [-0.39, 0.29) is 5.56 Å². The first kappa shape index (κ1) is 31.8. The maximum absolute atomic E-state index is 13.9. The van der Waals surface area contributed by atoms with E-state index in [1.165, 1.54) is 0 Å². The van der Waals surface area contributed by atoms with Crippen LogP contribution in [0.25, 0.3) is 0 Å². The lowest BCUT2D eigenvalue weighted by molar-refractivity contribution is -0.458. The topological polar surface area (TPSA) is 43.4 Å². The third-order valence-corrected chi connectivity index (χ3v) is 5.50. The van der Waals surface area contributed by atoms with Crippen molar-refractivity contribution in [1.82, 2.24) is 0 Å². The van der Waals surface area contributed by atoms with E-state index in [1.54, 1.807) is 0 Å². The first-order valence-electron chi connectivity index (χ1n) is 8.19. The summed E-state index contributed by atoms with van der Waals surface area (Å²) in [5.74, 6) is -53.3. The number of alkyl halides is 17. The quantitative estimate of drug-likeness (QED) is 0.239. The molecule has 0 radical (unpaired) electrons. The molecule has 1 aromatic carbocycles. The summed E-state index contributed by atoms with van der Waals surface area (Å²) in [6, 6.07) is 2.70. The van der Waals surface area contributed by atoms with Crippen LogP contribution in [0.1, 0.15) is 5.56 Å². The van der Waals surface area contributed by atoms with Crippen molar-refractivity contribution in [2.45, 2.75) is 53.9 Å². The largest absolute Gasteiger partial charge is 0.460 e. The van der Waals surface area contributed by atoms with E-state index in [9.17, 15) is 83.1 Å². The number of hydrogen-bond acceptors (Lipinski definition) is 3. The third kappa shape index (κ3) is 4.19. The maximum atomic E-state index is 13.9. The van der Waals surface area contributed by atoms with Crippen LogP contribution in [0.4, 0.5) is 74.6 Å². The molecule has 3 nitrogen and oxygen atoms in total. The van der Waals surface area contributed by atoms with Crippen LogP contribution in [-0.2, 0) is 10.1 Å². The van der Waals surface area contributed by atoms with Gasteiger partial charge in [-0.1, -0.05) is 12.1 Å². The standard InChI is InChI=1S/C15H7F17O3S/c1-6-3-2-4-7(5-6)35-36(33,34)15(31,32)13(26,27)11(22,23)9(18,19)8(16,17)10(20,21)12(24,25)14(28,29)30/h2-5H,1H3. The minimum absolute atomic E-state index is 0.0814. The second kappa shape index (κ2) is 8.40. The third-order valence-electron chi connectivity index (χ3n) is 4.20. The molecule has 0 amide bonds. The summed E-state index contributed by atoms with van der Waals surface area (Å²) >= 11 is 0. The van der Waals surface area contributed by atoms with Crippen LogP contribution < -0.4 is 4.18 Å². The fourth-order valence-electron chi connectivity index (χ4n) is 2.15. The second-order valence-corrected chi connectivity index (χ2v) is 8.40. The first-order chi connectivity index (χ1) is 15.5. The predicted molar refractivity (Wildman–Crippen MR) is 81.4 cm³/mol. The van der Waals surface area contributed by atoms with Crippen LogP contribution in [0.5, 0.6) is 5.75 Å². The fourth-order valence-corrected chi connectivity index (χ4v) is 3.06. The van der Waals surface area contributed by atoms with Crippen molar-refractivity contribution in [2.75, 3.05) is 0 Å². The van der Waals surface area contributed by atoms with Crippen LogP contribution in [0.3, 0.4) is 0 Å². The lowest BCUT2D eigenvalue weighted by Crippen LogP contribution is -2.75. The Bertz CT molecular complexity index is 1080. The summed E-state index contributed by atoms with van der Waals surface area (Å²) in [6.45, 7) is 1.08. The molecule has 21 heteroatoms. The summed E-state index contributed by atoms with van der Waals surface area (Å²) in [7, 11) is -7.62. The minimum Gasteiger partial charge on any atom is -0.378 e. The Morgan fingerprint density at radius 2 is 0.944 bits per heavy atom. The van der Waals surface area contributed by atoms with Gasteiger partial charge in [0.05, 0.1) is 0 Å². The van der Waals surface area contributed by atoms with Crippen molar-refractivity contribution in [2.24, 2.45) is 0 Å². The van der Waals surface area contributed by atoms with Gasteiger partial charge in [-0.3, -0.25) is 0 Å². The molecule has 0 atom stereocenters.